The Kier molecular flexibility index (Phi) is 14.0. The van der Waals surface area contributed by atoms with Gasteiger partial charge in [-0.3, -0.25) is 9.69 Å². The van der Waals surface area contributed by atoms with Crippen molar-refractivity contribution in [2.75, 3.05) is 46.3 Å². The van der Waals surface area contributed by atoms with Crippen molar-refractivity contribution in [3.05, 3.63) is 0 Å². The molecule has 2 N–H and O–H groups in total. The summed E-state index contributed by atoms with van der Waals surface area (Å²) in [4.78, 5) is 16.7. The molecule has 8 heteroatoms. The Morgan fingerprint density at radius 2 is 1.86 bits per heavy atom. The van der Waals surface area contributed by atoms with E-state index in [9.17, 15) is 4.79 Å². The van der Waals surface area contributed by atoms with E-state index >= 15 is 0 Å². The van der Waals surface area contributed by atoms with E-state index in [1.165, 1.54) is 6.42 Å². The number of amides is 1. The van der Waals surface area contributed by atoms with Gasteiger partial charge < -0.3 is 15.5 Å². The van der Waals surface area contributed by atoms with Crippen LogP contribution in [0, 0.1) is 0 Å². The zero-order chi connectivity index (χ0) is 13.7. The van der Waals surface area contributed by atoms with Crippen LogP contribution in [-0.4, -0.2) is 74.1 Å². The second kappa shape index (κ2) is 12.6. The highest BCUT2D eigenvalue weighted by molar-refractivity contribution is 5.86. The minimum absolute atomic E-state index is 0. The van der Waals surface area contributed by atoms with Crippen LogP contribution in [0.2, 0.25) is 0 Å². The van der Waals surface area contributed by atoms with Crippen molar-refractivity contribution in [1.29, 1.82) is 0 Å². The van der Waals surface area contributed by atoms with Gasteiger partial charge in [-0.15, -0.1) is 37.2 Å². The predicted molar refractivity (Wildman–Crippen MR) is 98.9 cm³/mol. The second-order valence-corrected chi connectivity index (χ2v) is 5.99. The van der Waals surface area contributed by atoms with Crippen molar-refractivity contribution in [2.45, 2.75) is 38.3 Å². The summed E-state index contributed by atoms with van der Waals surface area (Å²) in [5, 5.41) is 6.45. The van der Waals surface area contributed by atoms with E-state index in [1.807, 2.05) is 0 Å². The van der Waals surface area contributed by atoms with E-state index < -0.39 is 0 Å². The van der Waals surface area contributed by atoms with E-state index in [4.69, 9.17) is 0 Å². The van der Waals surface area contributed by atoms with Crippen molar-refractivity contribution in [3.8, 4) is 0 Å². The molecule has 2 unspecified atom stereocenters. The molecule has 1 amide bonds. The lowest BCUT2D eigenvalue weighted by Crippen LogP contribution is -2.51. The summed E-state index contributed by atoms with van der Waals surface area (Å²) in [6, 6.07) is 0.841. The molecule has 0 saturated carbocycles. The number of halogens is 3. The molecule has 2 heterocycles. The van der Waals surface area contributed by atoms with Gasteiger partial charge in [-0.05, 0) is 33.4 Å². The fourth-order valence-electron chi connectivity index (χ4n) is 2.88. The number of hydrogen-bond acceptors (Lipinski definition) is 4. The minimum atomic E-state index is 0. The standard InChI is InChI=1S/C14H28N4O.3ClH/c1-12(18-8-6-17(2)7-9-18)11-16-14(19)10-13-4-3-5-15-13;;;/h12-13,15H,3-11H2,1-2H3,(H,16,19);3*1H. The Bertz CT molecular complexity index is 296. The number of piperazine rings is 1. The van der Waals surface area contributed by atoms with Gasteiger partial charge in [0.05, 0.1) is 0 Å². The molecule has 134 valence electrons. The molecule has 0 bridgehead atoms. The van der Waals surface area contributed by atoms with E-state index in [0.717, 1.165) is 45.7 Å². The van der Waals surface area contributed by atoms with E-state index in [-0.39, 0.29) is 43.1 Å². The highest BCUT2D eigenvalue weighted by atomic mass is 35.5. The molecule has 2 atom stereocenters. The largest absolute Gasteiger partial charge is 0.354 e. The number of nitrogens with zero attached hydrogens (tertiary/aromatic N) is 2. The van der Waals surface area contributed by atoms with Crippen molar-refractivity contribution in [3.63, 3.8) is 0 Å². The highest BCUT2D eigenvalue weighted by Gasteiger charge is 2.21. The Hall–Kier alpha value is 0.220. The number of carbonyl (C=O) groups is 1. The van der Waals surface area contributed by atoms with E-state index in [1.54, 1.807) is 0 Å². The number of nitrogens with one attached hydrogen (secondary N) is 2. The Balaban J connectivity index is 0. The van der Waals surface area contributed by atoms with E-state index in [0.29, 0.717) is 18.5 Å². The molecule has 2 rings (SSSR count). The van der Waals surface area contributed by atoms with Crippen LogP contribution in [0.5, 0.6) is 0 Å². The first kappa shape index (κ1) is 24.5. The van der Waals surface area contributed by atoms with Crippen molar-refractivity contribution < 1.29 is 4.79 Å². The SMILES string of the molecule is CC(CNC(=O)CC1CCCN1)N1CCN(C)CC1.Cl.Cl.Cl. The Morgan fingerprint density at radius 3 is 2.41 bits per heavy atom. The second-order valence-electron chi connectivity index (χ2n) is 5.99. The summed E-state index contributed by atoms with van der Waals surface area (Å²) in [6.07, 6.45) is 2.98. The lowest BCUT2D eigenvalue weighted by atomic mass is 10.1. The normalized spacial score (nSPS) is 23.6. The zero-order valence-corrected chi connectivity index (χ0v) is 16.0. The minimum Gasteiger partial charge on any atom is -0.354 e. The van der Waals surface area contributed by atoms with Gasteiger partial charge in [-0.1, -0.05) is 0 Å². The highest BCUT2D eigenvalue weighted by Crippen LogP contribution is 2.08. The summed E-state index contributed by atoms with van der Waals surface area (Å²) < 4.78 is 0. The molecule has 5 nitrogen and oxygen atoms in total. The van der Waals surface area contributed by atoms with Crippen LogP contribution in [0.3, 0.4) is 0 Å². The Morgan fingerprint density at radius 1 is 1.23 bits per heavy atom. The molecule has 2 saturated heterocycles. The summed E-state index contributed by atoms with van der Waals surface area (Å²) >= 11 is 0. The first-order valence-electron chi connectivity index (χ1n) is 7.58. The molecule has 0 radical (unpaired) electrons. The number of rotatable bonds is 5. The fraction of sp³-hybridized carbons (Fsp3) is 0.929. The third kappa shape index (κ3) is 8.18. The maximum Gasteiger partial charge on any atom is 0.221 e. The molecule has 0 aliphatic carbocycles. The third-order valence-electron chi connectivity index (χ3n) is 4.35. The number of hydrogen-bond donors (Lipinski definition) is 2. The van der Waals surface area contributed by atoms with Gasteiger partial charge in [-0.2, -0.15) is 0 Å². The molecule has 0 spiro atoms. The summed E-state index contributed by atoms with van der Waals surface area (Å²) in [7, 11) is 2.17. The molecule has 2 aliphatic rings. The van der Waals surface area contributed by atoms with Crippen molar-refractivity contribution >= 4 is 43.1 Å². The zero-order valence-electron chi connectivity index (χ0n) is 13.5. The van der Waals surface area contributed by atoms with Crippen molar-refractivity contribution in [2.24, 2.45) is 0 Å². The van der Waals surface area contributed by atoms with Gasteiger partial charge in [0, 0.05) is 51.2 Å². The van der Waals surface area contributed by atoms with E-state index in [2.05, 4.69) is 34.4 Å². The van der Waals surface area contributed by atoms with Gasteiger partial charge in [0.2, 0.25) is 5.91 Å². The molecule has 0 aromatic heterocycles. The van der Waals surface area contributed by atoms with Crippen LogP contribution in [0.1, 0.15) is 26.2 Å². The average molecular weight is 378 g/mol. The number of likely N-dealkylation sites (N-methyl/N-ethyl adjacent to an activating group) is 1. The van der Waals surface area contributed by atoms with Gasteiger partial charge in [0.1, 0.15) is 0 Å². The first-order valence-corrected chi connectivity index (χ1v) is 7.58. The molecule has 2 aliphatic heterocycles. The molecule has 2 fully saturated rings. The molecular weight excluding hydrogens is 347 g/mol. The first-order chi connectivity index (χ1) is 9.15. The smallest absolute Gasteiger partial charge is 0.221 e. The topological polar surface area (TPSA) is 47.6 Å². The molecule has 22 heavy (non-hydrogen) atoms. The predicted octanol–water partition coefficient (Wildman–Crippen LogP) is 1.15. The molecule has 0 aromatic rings. The lowest BCUT2D eigenvalue weighted by molar-refractivity contribution is -0.121. The molecule has 0 aromatic carbocycles. The van der Waals surface area contributed by atoms with Gasteiger partial charge in [-0.25, -0.2) is 0 Å². The van der Waals surface area contributed by atoms with Gasteiger partial charge in [0.25, 0.3) is 0 Å². The fourth-order valence-corrected chi connectivity index (χ4v) is 2.88. The number of carbonyl (C=O) groups excluding carboxylic acids is 1. The van der Waals surface area contributed by atoms with Crippen LogP contribution < -0.4 is 10.6 Å². The monoisotopic (exact) mass is 376 g/mol. The van der Waals surface area contributed by atoms with Crippen LogP contribution in [0.25, 0.3) is 0 Å². The van der Waals surface area contributed by atoms with Crippen LogP contribution in [-0.2, 0) is 4.79 Å². The Labute approximate surface area is 153 Å². The lowest BCUT2D eigenvalue weighted by Gasteiger charge is -2.36. The molecular formula is C14H31Cl3N4O. The third-order valence-corrected chi connectivity index (χ3v) is 4.35. The summed E-state index contributed by atoms with van der Waals surface area (Å²) in [5.41, 5.74) is 0. The van der Waals surface area contributed by atoms with Gasteiger partial charge in [0.15, 0.2) is 0 Å². The van der Waals surface area contributed by atoms with Crippen molar-refractivity contribution in [1.82, 2.24) is 20.4 Å². The summed E-state index contributed by atoms with van der Waals surface area (Å²) in [6.45, 7) is 8.52. The average Bonchev–Trinajstić information content (AvgIpc) is 2.89. The maximum absolute atomic E-state index is 11.9. The van der Waals surface area contributed by atoms with Crippen LogP contribution in [0.15, 0.2) is 0 Å². The van der Waals surface area contributed by atoms with Crippen LogP contribution >= 0.6 is 37.2 Å². The summed E-state index contributed by atoms with van der Waals surface area (Å²) in [5.74, 6) is 0.195. The van der Waals surface area contributed by atoms with Crippen LogP contribution in [0.4, 0.5) is 0 Å². The maximum atomic E-state index is 11.9. The van der Waals surface area contributed by atoms with Gasteiger partial charge >= 0.3 is 0 Å². The quantitative estimate of drug-likeness (QED) is 0.754.